The molecule has 0 aromatic heterocycles. The Labute approximate surface area is 199 Å². The number of anilines is 1. The van der Waals surface area contributed by atoms with Crippen molar-refractivity contribution < 1.29 is 0 Å². The first-order chi connectivity index (χ1) is 15.5. The normalized spacial score (nSPS) is 17.4. The van der Waals surface area contributed by atoms with Crippen molar-refractivity contribution in [3.05, 3.63) is 105 Å². The molecule has 0 bridgehead atoms. The van der Waals surface area contributed by atoms with Crippen LogP contribution in [0.4, 0.5) is 11.4 Å². The smallest absolute Gasteiger partial charge is 0.187 e. The van der Waals surface area contributed by atoms with Crippen LogP contribution < -0.4 is 4.90 Å². The van der Waals surface area contributed by atoms with Crippen molar-refractivity contribution >= 4 is 34.6 Å². The van der Waals surface area contributed by atoms with Crippen LogP contribution in [0.25, 0.3) is 4.85 Å². The van der Waals surface area contributed by atoms with Crippen molar-refractivity contribution in [1.29, 1.82) is 5.26 Å². The minimum atomic E-state index is 0.0800. The number of halogens is 2. The van der Waals surface area contributed by atoms with Gasteiger partial charge < -0.3 is 4.90 Å². The molecule has 0 amide bonds. The van der Waals surface area contributed by atoms with E-state index in [0.717, 1.165) is 30.9 Å². The first-order valence-electron chi connectivity index (χ1n) is 10.4. The van der Waals surface area contributed by atoms with E-state index in [1.807, 2.05) is 48.5 Å². The van der Waals surface area contributed by atoms with Gasteiger partial charge in [-0.05, 0) is 48.4 Å². The third kappa shape index (κ3) is 4.59. The highest BCUT2D eigenvalue weighted by atomic mass is 35.5. The molecule has 1 heterocycles. The number of benzene rings is 3. The maximum Gasteiger partial charge on any atom is 0.187 e. The van der Waals surface area contributed by atoms with E-state index in [9.17, 15) is 5.26 Å². The lowest BCUT2D eigenvalue weighted by atomic mass is 9.98. The van der Waals surface area contributed by atoms with Gasteiger partial charge in [0.15, 0.2) is 5.69 Å². The van der Waals surface area contributed by atoms with Gasteiger partial charge in [0.25, 0.3) is 0 Å². The van der Waals surface area contributed by atoms with Gasteiger partial charge in [-0.15, -0.1) is 0 Å². The SMILES string of the molecule is [C-]#[N+]c1ccc([C@H](C)N2CCN(c3ccc(C#N)cc3Cl)[C@H](c3ccc(Cl)cc3)C2)cc1. The minimum absolute atomic E-state index is 0.0800. The lowest BCUT2D eigenvalue weighted by molar-refractivity contribution is 0.171. The predicted octanol–water partition coefficient (Wildman–Crippen LogP) is 7.04. The van der Waals surface area contributed by atoms with Gasteiger partial charge in [0.05, 0.1) is 35.0 Å². The second-order valence-corrected chi connectivity index (χ2v) is 8.76. The van der Waals surface area contributed by atoms with Crippen LogP contribution in [0.3, 0.4) is 0 Å². The summed E-state index contributed by atoms with van der Waals surface area (Å²) in [4.78, 5) is 8.27. The van der Waals surface area contributed by atoms with E-state index in [0.29, 0.717) is 21.3 Å². The number of piperazine rings is 1. The van der Waals surface area contributed by atoms with Crippen LogP contribution >= 0.6 is 23.2 Å². The van der Waals surface area contributed by atoms with Crippen LogP contribution in [-0.2, 0) is 0 Å². The number of nitriles is 1. The zero-order valence-corrected chi connectivity index (χ0v) is 19.2. The fourth-order valence-corrected chi connectivity index (χ4v) is 4.68. The summed E-state index contributed by atoms with van der Waals surface area (Å²) in [6.45, 7) is 11.8. The van der Waals surface area contributed by atoms with E-state index >= 15 is 0 Å². The van der Waals surface area contributed by atoms with Gasteiger partial charge in [0.2, 0.25) is 0 Å². The van der Waals surface area contributed by atoms with Gasteiger partial charge in [0.1, 0.15) is 0 Å². The summed E-state index contributed by atoms with van der Waals surface area (Å²) >= 11 is 12.7. The largest absolute Gasteiger partial charge is 0.361 e. The first-order valence-corrected chi connectivity index (χ1v) is 11.2. The zero-order chi connectivity index (χ0) is 22.7. The Balaban J connectivity index is 1.65. The number of hydrogen-bond acceptors (Lipinski definition) is 3. The molecule has 4 rings (SSSR count). The van der Waals surface area contributed by atoms with Crippen LogP contribution in [0.15, 0.2) is 66.7 Å². The van der Waals surface area contributed by atoms with Gasteiger partial charge in [-0.3, -0.25) is 4.90 Å². The van der Waals surface area contributed by atoms with Crippen LogP contribution in [-0.4, -0.2) is 24.5 Å². The van der Waals surface area contributed by atoms with E-state index in [4.69, 9.17) is 29.8 Å². The van der Waals surface area contributed by atoms with Crippen molar-refractivity contribution in [3.8, 4) is 6.07 Å². The Hall–Kier alpha value is -3.02. The van der Waals surface area contributed by atoms with Crippen LogP contribution in [0.5, 0.6) is 0 Å². The molecule has 3 aromatic rings. The summed E-state index contributed by atoms with van der Waals surface area (Å²) < 4.78 is 0. The lowest BCUT2D eigenvalue weighted by Crippen LogP contribution is -2.49. The zero-order valence-electron chi connectivity index (χ0n) is 17.7. The van der Waals surface area contributed by atoms with Crippen molar-refractivity contribution in [2.75, 3.05) is 24.5 Å². The molecule has 1 aliphatic heterocycles. The van der Waals surface area contributed by atoms with Crippen LogP contribution in [0, 0.1) is 17.9 Å². The highest BCUT2D eigenvalue weighted by molar-refractivity contribution is 6.33. The molecule has 0 unspecified atom stereocenters. The summed E-state index contributed by atoms with van der Waals surface area (Å²) in [5.74, 6) is 0. The molecule has 1 fully saturated rings. The molecule has 0 saturated carbocycles. The summed E-state index contributed by atoms with van der Waals surface area (Å²) in [5, 5.41) is 10.5. The Kier molecular flexibility index (Phi) is 6.68. The molecular formula is C26H22Cl2N4. The molecule has 1 aliphatic rings. The van der Waals surface area contributed by atoms with Crippen LogP contribution in [0.1, 0.15) is 35.7 Å². The molecule has 2 atom stereocenters. The van der Waals surface area contributed by atoms with Crippen molar-refractivity contribution in [3.63, 3.8) is 0 Å². The van der Waals surface area contributed by atoms with Gasteiger partial charge in [0, 0.05) is 30.7 Å². The highest BCUT2D eigenvalue weighted by Crippen LogP contribution is 2.38. The molecule has 6 heteroatoms. The Morgan fingerprint density at radius 3 is 2.38 bits per heavy atom. The number of nitrogens with zero attached hydrogens (tertiary/aromatic N) is 4. The fourth-order valence-electron chi connectivity index (χ4n) is 4.26. The standard InChI is InChI=1S/C26H22Cl2N4/c1-18(20-6-10-23(30-2)11-7-20)31-13-14-32(25-12-3-19(16-29)15-24(25)28)26(17-31)21-4-8-22(27)9-5-21/h3-12,15,18,26H,13-14,17H2,1H3/t18-,26-/m0/s1. The topological polar surface area (TPSA) is 34.6 Å². The molecule has 0 radical (unpaired) electrons. The average Bonchev–Trinajstić information content (AvgIpc) is 2.84. The fraction of sp³-hybridized carbons (Fsp3) is 0.231. The maximum atomic E-state index is 9.20. The third-order valence-corrected chi connectivity index (χ3v) is 6.66. The Morgan fingerprint density at radius 2 is 1.75 bits per heavy atom. The quantitative estimate of drug-likeness (QED) is 0.391. The second-order valence-electron chi connectivity index (χ2n) is 7.91. The van der Waals surface area contributed by atoms with E-state index < -0.39 is 0 Å². The molecule has 3 aromatic carbocycles. The molecule has 4 nitrogen and oxygen atoms in total. The van der Waals surface area contributed by atoms with Crippen molar-refractivity contribution in [2.45, 2.75) is 19.0 Å². The molecule has 32 heavy (non-hydrogen) atoms. The highest BCUT2D eigenvalue weighted by Gasteiger charge is 2.32. The summed E-state index contributed by atoms with van der Waals surface area (Å²) in [6, 6.07) is 23.7. The number of hydrogen-bond donors (Lipinski definition) is 0. The van der Waals surface area contributed by atoms with E-state index in [-0.39, 0.29) is 12.1 Å². The summed E-state index contributed by atoms with van der Waals surface area (Å²) in [6.07, 6.45) is 0. The molecular weight excluding hydrogens is 439 g/mol. The van der Waals surface area contributed by atoms with E-state index in [1.165, 1.54) is 5.56 Å². The van der Waals surface area contributed by atoms with Gasteiger partial charge in [-0.25, -0.2) is 4.85 Å². The monoisotopic (exact) mass is 460 g/mol. The van der Waals surface area contributed by atoms with Crippen molar-refractivity contribution in [1.82, 2.24) is 4.90 Å². The minimum Gasteiger partial charge on any atom is -0.361 e. The van der Waals surface area contributed by atoms with Gasteiger partial charge >= 0.3 is 0 Å². The molecule has 0 aliphatic carbocycles. The Bertz CT molecular complexity index is 1180. The van der Waals surface area contributed by atoms with E-state index in [2.05, 4.69) is 39.8 Å². The second kappa shape index (κ2) is 9.63. The van der Waals surface area contributed by atoms with Crippen molar-refractivity contribution in [2.24, 2.45) is 0 Å². The summed E-state index contributed by atoms with van der Waals surface area (Å²) in [5.41, 5.74) is 4.49. The maximum absolute atomic E-state index is 9.20. The average molecular weight is 461 g/mol. The molecule has 1 saturated heterocycles. The third-order valence-electron chi connectivity index (χ3n) is 6.11. The first kappa shape index (κ1) is 22.2. The lowest BCUT2D eigenvalue weighted by Gasteiger charge is -2.45. The predicted molar refractivity (Wildman–Crippen MR) is 130 cm³/mol. The van der Waals surface area contributed by atoms with Gasteiger partial charge in [-0.2, -0.15) is 5.26 Å². The summed E-state index contributed by atoms with van der Waals surface area (Å²) in [7, 11) is 0. The van der Waals surface area contributed by atoms with Gasteiger partial charge in [-0.1, -0.05) is 59.6 Å². The Morgan fingerprint density at radius 1 is 1.03 bits per heavy atom. The number of rotatable bonds is 4. The van der Waals surface area contributed by atoms with E-state index in [1.54, 1.807) is 6.07 Å². The molecule has 0 N–H and O–H groups in total. The molecule has 0 spiro atoms. The van der Waals surface area contributed by atoms with Crippen LogP contribution in [0.2, 0.25) is 10.0 Å². The molecule has 160 valence electrons.